The van der Waals surface area contributed by atoms with Crippen LogP contribution in [0, 0.1) is 13.8 Å². The highest BCUT2D eigenvalue weighted by molar-refractivity contribution is 7.11. The van der Waals surface area contributed by atoms with E-state index in [1.165, 1.54) is 4.88 Å². The van der Waals surface area contributed by atoms with E-state index < -0.39 is 0 Å². The maximum Gasteiger partial charge on any atom is 0.255 e. The van der Waals surface area contributed by atoms with Crippen LogP contribution in [0.4, 0.5) is 0 Å². The summed E-state index contributed by atoms with van der Waals surface area (Å²) in [5, 5.41) is 10.8. The minimum absolute atomic E-state index is 0.0912. The largest absolute Gasteiger partial charge is 0.343 e. The molecule has 1 unspecified atom stereocenters. The summed E-state index contributed by atoms with van der Waals surface area (Å²) in [5.41, 5.74) is 2.13. The maximum absolute atomic E-state index is 12.2. The Hall–Kier alpha value is -1.69. The highest BCUT2D eigenvalue weighted by atomic mass is 32.1. The zero-order valence-electron chi connectivity index (χ0n) is 11.6. The van der Waals surface area contributed by atoms with Crippen LogP contribution in [0.2, 0.25) is 0 Å². The zero-order chi connectivity index (χ0) is 14.0. The van der Waals surface area contributed by atoms with Gasteiger partial charge < -0.3 is 5.32 Å². The number of hydrogen-bond donors (Lipinski definition) is 2. The Morgan fingerprint density at radius 1 is 1.53 bits per heavy atom. The predicted molar refractivity (Wildman–Crippen MR) is 75.4 cm³/mol. The van der Waals surface area contributed by atoms with Crippen molar-refractivity contribution in [3.05, 3.63) is 33.0 Å². The van der Waals surface area contributed by atoms with E-state index in [0.29, 0.717) is 5.56 Å². The van der Waals surface area contributed by atoms with Crippen molar-refractivity contribution in [3.63, 3.8) is 0 Å². The number of amides is 1. The van der Waals surface area contributed by atoms with Gasteiger partial charge in [-0.15, -0.1) is 11.3 Å². The smallest absolute Gasteiger partial charge is 0.255 e. The summed E-state index contributed by atoms with van der Waals surface area (Å²) in [4.78, 5) is 17.8. The Bertz CT molecular complexity index is 568. The predicted octanol–water partition coefficient (Wildman–Crippen LogP) is 2.54. The van der Waals surface area contributed by atoms with E-state index in [9.17, 15) is 4.79 Å². The average molecular weight is 278 g/mol. The van der Waals surface area contributed by atoms with E-state index in [2.05, 4.69) is 27.4 Å². The lowest BCUT2D eigenvalue weighted by Crippen LogP contribution is -2.27. The molecule has 0 aromatic carbocycles. The van der Waals surface area contributed by atoms with Crippen molar-refractivity contribution in [2.45, 2.75) is 40.2 Å². The van der Waals surface area contributed by atoms with E-state index in [-0.39, 0.29) is 11.9 Å². The summed E-state index contributed by atoms with van der Waals surface area (Å²) in [6, 6.07) is -0.0912. The fraction of sp³-hybridized carbons (Fsp3) is 0.462. The second-order valence-corrected chi connectivity index (χ2v) is 5.67. The normalized spacial score (nSPS) is 12.4. The lowest BCUT2D eigenvalue weighted by Gasteiger charge is -2.11. The molecule has 1 atom stereocenters. The number of carbonyl (C=O) groups is 1. The SMILES string of the molecule is CCc1cnc(C(C)NC(=O)c2c(C)n[nH]c2C)s1. The summed E-state index contributed by atoms with van der Waals surface area (Å²) in [6.45, 7) is 7.71. The molecule has 0 aliphatic carbocycles. The number of carbonyl (C=O) groups excluding carboxylic acids is 1. The van der Waals surface area contributed by atoms with E-state index >= 15 is 0 Å². The van der Waals surface area contributed by atoms with Gasteiger partial charge in [-0.2, -0.15) is 5.10 Å². The van der Waals surface area contributed by atoms with Gasteiger partial charge in [0.25, 0.3) is 5.91 Å². The van der Waals surface area contributed by atoms with Gasteiger partial charge in [-0.3, -0.25) is 9.89 Å². The molecule has 0 saturated heterocycles. The number of thiazole rings is 1. The number of H-pyrrole nitrogens is 1. The summed E-state index contributed by atoms with van der Waals surface area (Å²) in [6.07, 6.45) is 2.84. The van der Waals surface area contributed by atoms with Gasteiger partial charge in [-0.05, 0) is 27.2 Å². The molecule has 0 bridgehead atoms. The van der Waals surface area contributed by atoms with Gasteiger partial charge in [0.2, 0.25) is 0 Å². The number of aromatic amines is 1. The first-order chi connectivity index (χ1) is 9.02. The molecule has 2 rings (SSSR count). The van der Waals surface area contributed by atoms with Crippen LogP contribution in [0.3, 0.4) is 0 Å². The van der Waals surface area contributed by atoms with Crippen LogP contribution in [-0.4, -0.2) is 21.1 Å². The highest BCUT2D eigenvalue weighted by Gasteiger charge is 2.19. The fourth-order valence-corrected chi connectivity index (χ4v) is 2.76. The summed E-state index contributed by atoms with van der Waals surface area (Å²) in [5.74, 6) is -0.107. The minimum Gasteiger partial charge on any atom is -0.343 e. The van der Waals surface area contributed by atoms with E-state index in [4.69, 9.17) is 0 Å². The average Bonchev–Trinajstić information content (AvgIpc) is 2.96. The van der Waals surface area contributed by atoms with Crippen molar-refractivity contribution in [3.8, 4) is 0 Å². The topological polar surface area (TPSA) is 70.7 Å². The van der Waals surface area contributed by atoms with Crippen LogP contribution in [-0.2, 0) is 6.42 Å². The molecule has 0 saturated carbocycles. The molecule has 2 aromatic rings. The summed E-state index contributed by atoms with van der Waals surface area (Å²) in [7, 11) is 0. The highest BCUT2D eigenvalue weighted by Crippen LogP contribution is 2.21. The number of aryl methyl sites for hydroxylation is 3. The molecule has 0 fully saturated rings. The number of nitrogens with one attached hydrogen (secondary N) is 2. The first kappa shape index (κ1) is 13.7. The van der Waals surface area contributed by atoms with Gasteiger partial charge in [0.1, 0.15) is 5.01 Å². The second kappa shape index (κ2) is 5.52. The van der Waals surface area contributed by atoms with E-state index in [1.807, 2.05) is 27.0 Å². The summed E-state index contributed by atoms with van der Waals surface area (Å²) < 4.78 is 0. The molecule has 0 aliphatic rings. The van der Waals surface area contributed by atoms with Crippen LogP contribution < -0.4 is 5.32 Å². The third kappa shape index (κ3) is 2.84. The Balaban J connectivity index is 2.10. The second-order valence-electron chi connectivity index (χ2n) is 4.52. The molecule has 2 heterocycles. The van der Waals surface area contributed by atoms with Crippen molar-refractivity contribution in [1.29, 1.82) is 0 Å². The quantitative estimate of drug-likeness (QED) is 0.903. The standard InChI is InChI=1S/C13H18N4OS/c1-5-10-6-14-13(19-10)9(4)15-12(18)11-7(2)16-17-8(11)3/h6,9H,5H2,1-4H3,(H,15,18)(H,16,17). The monoisotopic (exact) mass is 278 g/mol. The van der Waals surface area contributed by atoms with Gasteiger partial charge in [0, 0.05) is 16.8 Å². The van der Waals surface area contributed by atoms with Crippen LogP contribution >= 0.6 is 11.3 Å². The van der Waals surface area contributed by atoms with Gasteiger partial charge >= 0.3 is 0 Å². The molecule has 102 valence electrons. The van der Waals surface area contributed by atoms with E-state index in [0.717, 1.165) is 22.8 Å². The number of rotatable bonds is 4. The van der Waals surface area contributed by atoms with Gasteiger partial charge in [0.05, 0.1) is 17.3 Å². The van der Waals surface area contributed by atoms with Gasteiger partial charge in [-0.1, -0.05) is 6.92 Å². The Morgan fingerprint density at radius 3 is 2.79 bits per heavy atom. The minimum atomic E-state index is -0.107. The van der Waals surface area contributed by atoms with Crippen LogP contribution in [0.5, 0.6) is 0 Å². The third-order valence-corrected chi connectivity index (χ3v) is 4.32. The molecular weight excluding hydrogens is 260 g/mol. The molecule has 1 amide bonds. The van der Waals surface area contributed by atoms with Crippen molar-refractivity contribution in [2.24, 2.45) is 0 Å². The van der Waals surface area contributed by atoms with Crippen molar-refractivity contribution >= 4 is 17.2 Å². The first-order valence-electron chi connectivity index (χ1n) is 6.30. The molecule has 6 heteroatoms. The van der Waals surface area contributed by atoms with Crippen LogP contribution in [0.1, 0.15) is 51.5 Å². The first-order valence-corrected chi connectivity index (χ1v) is 7.11. The molecule has 5 nitrogen and oxygen atoms in total. The van der Waals surface area contributed by atoms with Gasteiger partial charge in [-0.25, -0.2) is 4.98 Å². The van der Waals surface area contributed by atoms with Crippen LogP contribution in [0.15, 0.2) is 6.20 Å². The van der Waals surface area contributed by atoms with Crippen molar-refractivity contribution in [2.75, 3.05) is 0 Å². The number of hydrogen-bond acceptors (Lipinski definition) is 4. The lowest BCUT2D eigenvalue weighted by atomic mass is 10.2. The Kier molecular flexibility index (Phi) is 3.99. The lowest BCUT2D eigenvalue weighted by molar-refractivity contribution is 0.0938. The number of nitrogens with zero attached hydrogens (tertiary/aromatic N) is 2. The molecule has 0 radical (unpaired) electrons. The molecule has 2 N–H and O–H groups in total. The third-order valence-electron chi connectivity index (χ3n) is 2.99. The van der Waals surface area contributed by atoms with Crippen molar-refractivity contribution < 1.29 is 4.79 Å². The molecule has 2 aromatic heterocycles. The van der Waals surface area contributed by atoms with Crippen molar-refractivity contribution in [1.82, 2.24) is 20.5 Å². The Labute approximate surface area is 116 Å². The molecular formula is C13H18N4OS. The zero-order valence-corrected chi connectivity index (χ0v) is 12.4. The van der Waals surface area contributed by atoms with E-state index in [1.54, 1.807) is 11.3 Å². The fourth-order valence-electron chi connectivity index (χ4n) is 1.90. The maximum atomic E-state index is 12.2. The summed E-state index contributed by atoms with van der Waals surface area (Å²) >= 11 is 1.64. The molecule has 19 heavy (non-hydrogen) atoms. The van der Waals surface area contributed by atoms with Gasteiger partial charge in [0.15, 0.2) is 0 Å². The Morgan fingerprint density at radius 2 is 2.26 bits per heavy atom. The molecule has 0 aliphatic heterocycles. The molecule has 0 spiro atoms. The van der Waals surface area contributed by atoms with Crippen LogP contribution in [0.25, 0.3) is 0 Å². The number of aromatic nitrogens is 3.